The Morgan fingerprint density at radius 3 is 2.48 bits per heavy atom. The van der Waals surface area contributed by atoms with E-state index in [0.717, 1.165) is 22.0 Å². The molecule has 4 nitrogen and oxygen atoms in total. The highest BCUT2D eigenvalue weighted by Gasteiger charge is 2.48. The number of piperidine rings is 1. The molecule has 1 fully saturated rings. The number of fused-ring (bicyclic) bond motifs is 1. The molecule has 1 aromatic carbocycles. The molecule has 23 heavy (non-hydrogen) atoms. The molecule has 1 heterocycles. The number of hydrogen-bond acceptors (Lipinski definition) is 3. The van der Waals surface area contributed by atoms with Gasteiger partial charge in [0.15, 0.2) is 5.78 Å². The van der Waals surface area contributed by atoms with Gasteiger partial charge in [-0.1, -0.05) is 28.1 Å². The van der Waals surface area contributed by atoms with Crippen LogP contribution < -0.4 is 0 Å². The fraction of sp³-hybridized carbons (Fsp3) is 0.556. The molecule has 3 rings (SSSR count). The lowest BCUT2D eigenvalue weighted by Gasteiger charge is -2.38. The lowest BCUT2D eigenvalue weighted by atomic mass is 9.75. The molecule has 1 amide bonds. The van der Waals surface area contributed by atoms with E-state index in [2.05, 4.69) is 15.9 Å². The van der Waals surface area contributed by atoms with Crippen molar-refractivity contribution >= 4 is 27.8 Å². The second-order valence-electron chi connectivity index (χ2n) is 7.52. The summed E-state index contributed by atoms with van der Waals surface area (Å²) >= 11 is 3.56. The molecule has 5 heteroatoms. The highest BCUT2D eigenvalue weighted by Crippen LogP contribution is 2.46. The molecule has 1 aromatic rings. The number of hydrogen-bond donors (Lipinski definition) is 0. The van der Waals surface area contributed by atoms with Gasteiger partial charge in [0, 0.05) is 28.5 Å². The predicted octanol–water partition coefficient (Wildman–Crippen LogP) is 4.21. The third-order valence-electron chi connectivity index (χ3n) is 4.73. The van der Waals surface area contributed by atoms with E-state index in [1.54, 1.807) is 4.90 Å². The van der Waals surface area contributed by atoms with Gasteiger partial charge < -0.3 is 9.64 Å². The highest BCUT2D eigenvalue weighted by molar-refractivity contribution is 9.10. The van der Waals surface area contributed by atoms with Crippen LogP contribution in [-0.2, 0) is 11.2 Å². The number of Topliss-reactive ketones (excluding diaryl/α,β-unsaturated/α-hetero) is 1. The van der Waals surface area contributed by atoms with Crippen molar-refractivity contribution in [2.24, 2.45) is 5.41 Å². The van der Waals surface area contributed by atoms with Crippen LogP contribution in [0.25, 0.3) is 0 Å². The summed E-state index contributed by atoms with van der Waals surface area (Å²) in [5.41, 5.74) is 1.12. The zero-order valence-corrected chi connectivity index (χ0v) is 15.4. The van der Waals surface area contributed by atoms with Gasteiger partial charge in [-0.3, -0.25) is 4.79 Å². The van der Waals surface area contributed by atoms with Crippen molar-refractivity contribution in [3.63, 3.8) is 0 Å². The Balaban J connectivity index is 1.72. The molecule has 1 spiro atoms. The van der Waals surface area contributed by atoms with E-state index >= 15 is 0 Å². The van der Waals surface area contributed by atoms with Crippen molar-refractivity contribution in [1.82, 2.24) is 4.90 Å². The van der Waals surface area contributed by atoms with Crippen molar-refractivity contribution in [3.05, 3.63) is 33.8 Å². The summed E-state index contributed by atoms with van der Waals surface area (Å²) in [5.74, 6) is 0.234. The molecule has 0 bridgehead atoms. The quantitative estimate of drug-likeness (QED) is 0.678. The number of ketones is 1. The molecule has 2 aliphatic rings. The average molecular weight is 380 g/mol. The van der Waals surface area contributed by atoms with Crippen LogP contribution >= 0.6 is 15.9 Å². The third-order valence-corrected chi connectivity index (χ3v) is 5.48. The van der Waals surface area contributed by atoms with E-state index in [0.29, 0.717) is 25.9 Å². The van der Waals surface area contributed by atoms with E-state index in [1.807, 2.05) is 39.0 Å². The normalized spacial score (nSPS) is 19.8. The maximum atomic E-state index is 12.9. The van der Waals surface area contributed by atoms with Crippen molar-refractivity contribution < 1.29 is 14.3 Å². The molecular weight excluding hydrogens is 358 g/mol. The van der Waals surface area contributed by atoms with Gasteiger partial charge in [0.05, 0.1) is 0 Å². The lowest BCUT2D eigenvalue weighted by Crippen LogP contribution is -2.47. The molecule has 1 saturated heterocycles. The first kappa shape index (κ1) is 16.5. The number of ether oxygens (including phenoxy) is 1. The minimum atomic E-state index is -0.490. The van der Waals surface area contributed by atoms with Crippen LogP contribution in [0.1, 0.15) is 49.5 Å². The minimum absolute atomic E-state index is 0.234. The molecule has 0 N–H and O–H groups in total. The van der Waals surface area contributed by atoms with Gasteiger partial charge in [0.25, 0.3) is 0 Å². The molecular formula is C18H22BrNO3. The molecule has 124 valence electrons. The monoisotopic (exact) mass is 379 g/mol. The molecule has 0 atom stereocenters. The first-order valence-corrected chi connectivity index (χ1v) is 8.81. The lowest BCUT2D eigenvalue weighted by molar-refractivity contribution is 0.0114. The molecule has 1 aliphatic heterocycles. The second kappa shape index (κ2) is 5.62. The number of halogens is 1. The maximum absolute atomic E-state index is 12.9. The van der Waals surface area contributed by atoms with Gasteiger partial charge in [0.1, 0.15) is 5.60 Å². The van der Waals surface area contributed by atoms with Crippen molar-refractivity contribution in [2.45, 2.75) is 45.6 Å². The van der Waals surface area contributed by atoms with Crippen molar-refractivity contribution in [3.8, 4) is 0 Å². The first-order valence-electron chi connectivity index (χ1n) is 8.02. The van der Waals surface area contributed by atoms with Gasteiger partial charge in [-0.05, 0) is 51.7 Å². The van der Waals surface area contributed by atoms with Gasteiger partial charge in [-0.15, -0.1) is 0 Å². The first-order chi connectivity index (χ1) is 10.7. The number of carbonyl (C=O) groups excluding carboxylic acids is 2. The summed E-state index contributed by atoms with van der Waals surface area (Å²) in [5, 5.41) is 0. The van der Waals surface area contributed by atoms with Crippen LogP contribution in [-0.4, -0.2) is 35.5 Å². The fourth-order valence-electron chi connectivity index (χ4n) is 3.50. The summed E-state index contributed by atoms with van der Waals surface area (Å²) in [4.78, 5) is 26.8. The molecule has 0 aromatic heterocycles. The van der Waals surface area contributed by atoms with Crippen LogP contribution in [0.3, 0.4) is 0 Å². The van der Waals surface area contributed by atoms with Gasteiger partial charge in [-0.2, -0.15) is 0 Å². The number of rotatable bonds is 0. The second-order valence-corrected chi connectivity index (χ2v) is 8.37. The SMILES string of the molecule is CC(C)(C)OC(=O)N1CCC2(CC1)Cc1c(Br)cccc1C2=O. The van der Waals surface area contributed by atoms with E-state index in [-0.39, 0.29) is 17.3 Å². The van der Waals surface area contributed by atoms with Crippen LogP contribution in [0.15, 0.2) is 22.7 Å². The number of amides is 1. The number of benzene rings is 1. The Bertz CT molecular complexity index is 655. The van der Waals surface area contributed by atoms with Crippen LogP contribution in [0, 0.1) is 5.41 Å². The number of likely N-dealkylation sites (tertiary alicyclic amines) is 1. The Hall–Kier alpha value is -1.36. The molecule has 0 unspecified atom stereocenters. The van der Waals surface area contributed by atoms with Crippen LogP contribution in [0.5, 0.6) is 0 Å². The summed E-state index contributed by atoms with van der Waals surface area (Å²) < 4.78 is 6.44. The molecule has 0 saturated carbocycles. The molecule has 1 aliphatic carbocycles. The minimum Gasteiger partial charge on any atom is -0.444 e. The maximum Gasteiger partial charge on any atom is 0.410 e. The van der Waals surface area contributed by atoms with Crippen LogP contribution in [0.4, 0.5) is 4.79 Å². The van der Waals surface area contributed by atoms with Gasteiger partial charge in [-0.25, -0.2) is 4.79 Å². The summed E-state index contributed by atoms with van der Waals surface area (Å²) in [6, 6.07) is 5.81. The zero-order valence-electron chi connectivity index (χ0n) is 13.8. The smallest absolute Gasteiger partial charge is 0.410 e. The van der Waals surface area contributed by atoms with E-state index in [1.165, 1.54) is 0 Å². The Morgan fingerprint density at radius 1 is 1.26 bits per heavy atom. The van der Waals surface area contributed by atoms with Crippen molar-refractivity contribution in [1.29, 1.82) is 0 Å². The Morgan fingerprint density at radius 2 is 1.91 bits per heavy atom. The number of carbonyl (C=O) groups is 2. The predicted molar refractivity (Wildman–Crippen MR) is 91.7 cm³/mol. The third kappa shape index (κ3) is 3.03. The summed E-state index contributed by atoms with van der Waals surface area (Å²) in [7, 11) is 0. The summed E-state index contributed by atoms with van der Waals surface area (Å²) in [6.07, 6.45) is 1.89. The summed E-state index contributed by atoms with van der Waals surface area (Å²) in [6.45, 7) is 6.75. The standard InChI is InChI=1S/C18H22BrNO3/c1-17(2,3)23-16(22)20-9-7-18(8-10-20)11-13-12(15(18)21)5-4-6-14(13)19/h4-6H,7-11H2,1-3H3. The highest BCUT2D eigenvalue weighted by atomic mass is 79.9. The van der Waals surface area contributed by atoms with Gasteiger partial charge in [0.2, 0.25) is 0 Å². The van der Waals surface area contributed by atoms with Crippen LogP contribution in [0.2, 0.25) is 0 Å². The largest absolute Gasteiger partial charge is 0.444 e. The van der Waals surface area contributed by atoms with E-state index in [4.69, 9.17) is 4.74 Å². The Kier molecular flexibility index (Phi) is 4.03. The van der Waals surface area contributed by atoms with Crippen molar-refractivity contribution in [2.75, 3.05) is 13.1 Å². The van der Waals surface area contributed by atoms with E-state index in [9.17, 15) is 9.59 Å². The van der Waals surface area contributed by atoms with Gasteiger partial charge >= 0.3 is 6.09 Å². The van der Waals surface area contributed by atoms with E-state index < -0.39 is 5.60 Å². The topological polar surface area (TPSA) is 46.6 Å². The molecule has 0 radical (unpaired) electrons. The number of nitrogens with zero attached hydrogens (tertiary/aromatic N) is 1. The Labute approximate surface area is 145 Å². The fourth-order valence-corrected chi connectivity index (χ4v) is 4.01. The average Bonchev–Trinajstić information content (AvgIpc) is 2.73. The zero-order chi connectivity index (χ0) is 16.8.